The molecule has 0 aromatic heterocycles. The predicted molar refractivity (Wildman–Crippen MR) is 131 cm³/mol. The first-order valence-electron chi connectivity index (χ1n) is 11.8. The third-order valence-electron chi connectivity index (χ3n) is 7.36. The minimum atomic E-state index is -0.877. The van der Waals surface area contributed by atoms with E-state index in [1.165, 1.54) is 11.3 Å². The molecular weight excluding hydrogens is 398 g/mol. The number of anilines is 2. The normalized spacial score (nSPS) is 24.9. The van der Waals surface area contributed by atoms with E-state index in [0.29, 0.717) is 12.1 Å². The van der Waals surface area contributed by atoms with Crippen LogP contribution in [0.1, 0.15) is 45.2 Å². The highest BCUT2D eigenvalue weighted by Gasteiger charge is 2.34. The van der Waals surface area contributed by atoms with Crippen molar-refractivity contribution in [2.75, 3.05) is 36.5 Å². The lowest BCUT2D eigenvalue weighted by atomic mass is 9.95. The summed E-state index contributed by atoms with van der Waals surface area (Å²) >= 11 is 0. The molecule has 0 radical (unpaired) electrons. The molecule has 2 aliphatic heterocycles. The van der Waals surface area contributed by atoms with Crippen LogP contribution in [0.2, 0.25) is 0 Å². The number of hydrogen-bond donors (Lipinski definition) is 1. The van der Waals surface area contributed by atoms with Crippen LogP contribution >= 0.6 is 0 Å². The summed E-state index contributed by atoms with van der Waals surface area (Å²) in [5.41, 5.74) is 3.45. The molecular formula is C27H37N3O2. The minimum Gasteiger partial charge on any atom is -0.386 e. The van der Waals surface area contributed by atoms with Crippen LogP contribution in [-0.4, -0.2) is 54.7 Å². The molecule has 0 saturated carbocycles. The molecule has 2 aliphatic rings. The zero-order valence-electron chi connectivity index (χ0n) is 20.1. The molecule has 0 spiro atoms. The maximum absolute atomic E-state index is 13.3. The van der Waals surface area contributed by atoms with Gasteiger partial charge in [0.15, 0.2) is 0 Å². The Hall–Kier alpha value is -2.37. The van der Waals surface area contributed by atoms with E-state index in [1.54, 1.807) is 13.8 Å². The van der Waals surface area contributed by atoms with Crippen LogP contribution in [0.4, 0.5) is 11.4 Å². The number of amides is 1. The Morgan fingerprint density at radius 3 is 2.25 bits per heavy atom. The number of carbonyl (C=O) groups is 1. The zero-order valence-corrected chi connectivity index (χ0v) is 20.1. The Labute approximate surface area is 192 Å². The molecule has 5 nitrogen and oxygen atoms in total. The van der Waals surface area contributed by atoms with Crippen LogP contribution in [0, 0.1) is 5.92 Å². The van der Waals surface area contributed by atoms with E-state index in [2.05, 4.69) is 55.0 Å². The lowest BCUT2D eigenvalue weighted by molar-refractivity contribution is -0.120. The molecule has 4 rings (SSSR count). The van der Waals surface area contributed by atoms with E-state index < -0.39 is 5.60 Å². The average Bonchev–Trinajstić information content (AvgIpc) is 3.11. The molecule has 2 saturated heterocycles. The third-order valence-corrected chi connectivity index (χ3v) is 7.36. The Balaban J connectivity index is 1.48. The lowest BCUT2D eigenvalue weighted by Gasteiger charge is -2.44. The fourth-order valence-corrected chi connectivity index (χ4v) is 5.09. The van der Waals surface area contributed by atoms with E-state index >= 15 is 0 Å². The van der Waals surface area contributed by atoms with Crippen molar-refractivity contribution in [3.05, 3.63) is 59.7 Å². The van der Waals surface area contributed by atoms with Crippen molar-refractivity contribution in [1.82, 2.24) is 4.90 Å². The summed E-state index contributed by atoms with van der Waals surface area (Å²) in [4.78, 5) is 20.1. The highest BCUT2D eigenvalue weighted by Crippen LogP contribution is 2.33. The topological polar surface area (TPSA) is 47.0 Å². The molecule has 2 aromatic carbocycles. The van der Waals surface area contributed by atoms with Gasteiger partial charge in [0.05, 0.1) is 5.60 Å². The van der Waals surface area contributed by atoms with Crippen LogP contribution in [0.15, 0.2) is 48.5 Å². The van der Waals surface area contributed by atoms with E-state index in [0.717, 1.165) is 43.7 Å². The zero-order chi connectivity index (χ0) is 23.0. The summed E-state index contributed by atoms with van der Waals surface area (Å²) in [6.45, 7) is 10.9. The van der Waals surface area contributed by atoms with Gasteiger partial charge in [0.1, 0.15) is 0 Å². The van der Waals surface area contributed by atoms with Crippen LogP contribution in [0.3, 0.4) is 0 Å². The molecule has 2 fully saturated rings. The van der Waals surface area contributed by atoms with Gasteiger partial charge in [-0.1, -0.05) is 30.3 Å². The van der Waals surface area contributed by atoms with Gasteiger partial charge in [0, 0.05) is 49.0 Å². The Morgan fingerprint density at radius 1 is 1.00 bits per heavy atom. The van der Waals surface area contributed by atoms with Crippen LogP contribution in [-0.2, 0) is 16.8 Å². The second-order valence-electron chi connectivity index (χ2n) is 10.2. The summed E-state index contributed by atoms with van der Waals surface area (Å²) in [7, 11) is 2.21. The van der Waals surface area contributed by atoms with E-state index in [9.17, 15) is 9.90 Å². The van der Waals surface area contributed by atoms with Crippen molar-refractivity contribution in [2.24, 2.45) is 5.92 Å². The molecule has 1 N–H and O–H groups in total. The quantitative estimate of drug-likeness (QED) is 0.770. The Morgan fingerprint density at radius 2 is 1.62 bits per heavy atom. The van der Waals surface area contributed by atoms with Gasteiger partial charge in [-0.2, -0.15) is 0 Å². The van der Waals surface area contributed by atoms with Gasteiger partial charge in [-0.05, 0) is 76.9 Å². The van der Waals surface area contributed by atoms with Gasteiger partial charge >= 0.3 is 0 Å². The van der Waals surface area contributed by atoms with Crippen molar-refractivity contribution in [1.29, 1.82) is 0 Å². The van der Waals surface area contributed by atoms with E-state index in [4.69, 9.17) is 0 Å². The molecule has 0 bridgehead atoms. The molecule has 172 valence electrons. The van der Waals surface area contributed by atoms with Crippen LogP contribution < -0.4 is 9.80 Å². The van der Waals surface area contributed by atoms with E-state index in [1.807, 2.05) is 29.2 Å². The molecule has 3 atom stereocenters. The van der Waals surface area contributed by atoms with E-state index in [-0.39, 0.29) is 11.8 Å². The molecule has 0 unspecified atom stereocenters. The summed E-state index contributed by atoms with van der Waals surface area (Å²) in [6.07, 6.45) is 1.65. The number of nitrogens with zero attached hydrogens (tertiary/aromatic N) is 3. The number of carbonyl (C=O) groups excluding carboxylic acids is 1. The van der Waals surface area contributed by atoms with Gasteiger partial charge in [-0.3, -0.25) is 9.69 Å². The highest BCUT2D eigenvalue weighted by molar-refractivity contribution is 5.97. The van der Waals surface area contributed by atoms with Crippen molar-refractivity contribution in [2.45, 2.75) is 58.2 Å². The van der Waals surface area contributed by atoms with Crippen molar-refractivity contribution < 1.29 is 9.90 Å². The Kier molecular flexibility index (Phi) is 6.33. The first-order valence-corrected chi connectivity index (χ1v) is 11.8. The summed E-state index contributed by atoms with van der Waals surface area (Å²) in [5, 5.41) is 10.2. The Bertz CT molecular complexity index is 938. The molecule has 2 heterocycles. The maximum Gasteiger partial charge on any atom is 0.230 e. The van der Waals surface area contributed by atoms with Crippen molar-refractivity contribution in [3.8, 4) is 0 Å². The fourth-order valence-electron chi connectivity index (χ4n) is 5.09. The van der Waals surface area contributed by atoms with Crippen molar-refractivity contribution >= 4 is 17.3 Å². The van der Waals surface area contributed by atoms with Crippen LogP contribution in [0.25, 0.3) is 0 Å². The minimum absolute atomic E-state index is 0.00687. The number of benzene rings is 2. The second kappa shape index (κ2) is 8.87. The first-order chi connectivity index (χ1) is 15.1. The predicted octanol–water partition coefficient (Wildman–Crippen LogP) is 4.04. The van der Waals surface area contributed by atoms with Crippen LogP contribution in [0.5, 0.6) is 0 Å². The standard InChI is InChI=1S/C27H37N3O2/c1-19-17-29(18-20(2)28(19)5)25-9-7-6-8-21(25)16-22-14-15-30(26(22)31)24-12-10-23(11-13-24)27(3,4)32/h6-13,19-20,22,32H,14-18H2,1-5H3/t19-,20+,22-/m0/s1. The molecule has 2 aromatic rings. The molecule has 0 aliphatic carbocycles. The van der Waals surface area contributed by atoms with Gasteiger partial charge in [-0.15, -0.1) is 0 Å². The number of rotatable bonds is 5. The maximum atomic E-state index is 13.3. The molecule has 32 heavy (non-hydrogen) atoms. The van der Waals surface area contributed by atoms with Gasteiger partial charge in [-0.25, -0.2) is 0 Å². The summed E-state index contributed by atoms with van der Waals surface area (Å²) in [6, 6.07) is 17.4. The molecule has 5 heteroatoms. The fraction of sp³-hybridized carbons (Fsp3) is 0.519. The number of para-hydroxylation sites is 1. The first kappa shape index (κ1) is 22.8. The summed E-state index contributed by atoms with van der Waals surface area (Å²) < 4.78 is 0. The number of piperazine rings is 1. The van der Waals surface area contributed by atoms with Gasteiger partial charge < -0.3 is 14.9 Å². The average molecular weight is 436 g/mol. The van der Waals surface area contributed by atoms with Crippen molar-refractivity contribution in [3.63, 3.8) is 0 Å². The third kappa shape index (κ3) is 4.55. The highest BCUT2D eigenvalue weighted by atomic mass is 16.3. The number of hydrogen-bond acceptors (Lipinski definition) is 4. The second-order valence-corrected chi connectivity index (χ2v) is 10.2. The van der Waals surface area contributed by atoms with Gasteiger partial charge in [0.25, 0.3) is 0 Å². The summed E-state index contributed by atoms with van der Waals surface area (Å²) in [5.74, 6) is 0.211. The SMILES string of the molecule is C[C@@H]1CN(c2ccccc2C[C@@H]2CCN(c3ccc(C(C)(C)O)cc3)C2=O)C[C@H](C)N1C. The molecule has 1 amide bonds. The largest absolute Gasteiger partial charge is 0.386 e. The van der Waals surface area contributed by atoms with Gasteiger partial charge in [0.2, 0.25) is 5.91 Å². The smallest absolute Gasteiger partial charge is 0.230 e. The monoisotopic (exact) mass is 435 g/mol. The lowest BCUT2D eigenvalue weighted by Crippen LogP contribution is -2.55. The number of aliphatic hydroxyl groups is 1. The number of likely N-dealkylation sites (N-methyl/N-ethyl adjacent to an activating group) is 1.